The van der Waals surface area contributed by atoms with E-state index in [1.807, 2.05) is 0 Å². The van der Waals surface area contributed by atoms with Crippen molar-refractivity contribution in [3.05, 3.63) is 0 Å². The van der Waals surface area contributed by atoms with Crippen molar-refractivity contribution in [2.45, 2.75) is 32.1 Å². The molecule has 0 unspecified atom stereocenters. The third-order valence-electron chi connectivity index (χ3n) is 3.80. The highest BCUT2D eigenvalue weighted by atomic mass is 16.5. The normalized spacial score (nSPS) is 22.8. The Labute approximate surface area is 104 Å². The smallest absolute Gasteiger partial charge is 0.220 e. The predicted molar refractivity (Wildman–Crippen MR) is 66.8 cm³/mol. The van der Waals surface area contributed by atoms with Gasteiger partial charge in [0.05, 0.1) is 13.2 Å². The summed E-state index contributed by atoms with van der Waals surface area (Å²) in [5.74, 6) is 0.892. The molecule has 2 fully saturated rings. The number of nitrogens with zero attached hydrogens (tertiary/aromatic N) is 1. The Balaban J connectivity index is 1.53. The fourth-order valence-electron chi connectivity index (χ4n) is 2.73. The van der Waals surface area contributed by atoms with Crippen LogP contribution in [0.4, 0.5) is 0 Å². The number of morpholine rings is 1. The number of carbonyl (C=O) groups is 1. The van der Waals surface area contributed by atoms with Gasteiger partial charge in [-0.2, -0.15) is 0 Å². The molecule has 98 valence electrons. The van der Waals surface area contributed by atoms with Gasteiger partial charge in [-0.15, -0.1) is 0 Å². The van der Waals surface area contributed by atoms with E-state index in [9.17, 15) is 4.79 Å². The number of nitrogens with one attached hydrogen (secondary N) is 1. The maximum Gasteiger partial charge on any atom is 0.220 e. The molecule has 4 heteroatoms. The molecule has 1 N–H and O–H groups in total. The van der Waals surface area contributed by atoms with Crippen molar-refractivity contribution in [1.29, 1.82) is 0 Å². The lowest BCUT2D eigenvalue weighted by Crippen LogP contribution is -2.41. The molecule has 2 aliphatic rings. The van der Waals surface area contributed by atoms with Crippen molar-refractivity contribution < 1.29 is 9.53 Å². The summed E-state index contributed by atoms with van der Waals surface area (Å²) in [6.07, 6.45) is 5.86. The highest BCUT2D eigenvalue weighted by Gasteiger charge is 2.18. The summed E-state index contributed by atoms with van der Waals surface area (Å²) in [4.78, 5) is 14.0. The molecule has 0 spiro atoms. The third-order valence-corrected chi connectivity index (χ3v) is 3.80. The number of rotatable bonds is 5. The van der Waals surface area contributed by atoms with Gasteiger partial charge < -0.3 is 10.1 Å². The quantitative estimate of drug-likeness (QED) is 0.780. The fourth-order valence-corrected chi connectivity index (χ4v) is 2.73. The summed E-state index contributed by atoms with van der Waals surface area (Å²) < 4.78 is 5.29. The largest absolute Gasteiger partial charge is 0.379 e. The molecule has 0 atom stereocenters. The molecule has 1 aliphatic carbocycles. The van der Waals surface area contributed by atoms with Crippen LogP contribution in [0.25, 0.3) is 0 Å². The first kappa shape index (κ1) is 12.8. The van der Waals surface area contributed by atoms with E-state index in [2.05, 4.69) is 10.2 Å². The molecule has 0 aromatic rings. The van der Waals surface area contributed by atoms with Crippen LogP contribution < -0.4 is 5.32 Å². The van der Waals surface area contributed by atoms with Crippen LogP contribution in [0.3, 0.4) is 0 Å². The lowest BCUT2D eigenvalue weighted by Gasteiger charge is -2.26. The van der Waals surface area contributed by atoms with Crippen LogP contribution in [0.15, 0.2) is 0 Å². The Morgan fingerprint density at radius 2 is 1.94 bits per heavy atom. The second kappa shape index (κ2) is 6.97. The average Bonchev–Trinajstić information content (AvgIpc) is 2.83. The van der Waals surface area contributed by atoms with Crippen LogP contribution in [-0.2, 0) is 9.53 Å². The Bertz CT molecular complexity index is 234. The number of ether oxygens (including phenoxy) is 1. The molecule has 1 saturated heterocycles. The minimum atomic E-state index is 0.241. The van der Waals surface area contributed by atoms with E-state index in [0.29, 0.717) is 5.92 Å². The lowest BCUT2D eigenvalue weighted by molar-refractivity contribution is -0.122. The van der Waals surface area contributed by atoms with Crippen LogP contribution in [0.2, 0.25) is 0 Å². The predicted octanol–water partition coefficient (Wildman–Crippen LogP) is 1.02. The molecule has 0 aromatic heterocycles. The van der Waals surface area contributed by atoms with Crippen LogP contribution in [-0.4, -0.2) is 50.2 Å². The van der Waals surface area contributed by atoms with Gasteiger partial charge in [0.2, 0.25) is 5.91 Å². The highest BCUT2D eigenvalue weighted by molar-refractivity contribution is 5.76. The maximum absolute atomic E-state index is 11.7. The Morgan fingerprint density at radius 3 is 2.65 bits per heavy atom. The Hall–Kier alpha value is -0.610. The van der Waals surface area contributed by atoms with Crippen LogP contribution in [0, 0.1) is 5.92 Å². The van der Waals surface area contributed by atoms with Gasteiger partial charge in [-0.25, -0.2) is 0 Å². The zero-order valence-electron chi connectivity index (χ0n) is 10.6. The number of hydrogen-bond acceptors (Lipinski definition) is 3. The molecular formula is C13H24N2O2. The van der Waals surface area contributed by atoms with Gasteiger partial charge in [-0.3, -0.25) is 9.69 Å². The first-order valence-corrected chi connectivity index (χ1v) is 6.91. The third kappa shape index (κ3) is 4.64. The van der Waals surface area contributed by atoms with Crippen molar-refractivity contribution in [1.82, 2.24) is 10.2 Å². The van der Waals surface area contributed by atoms with Crippen LogP contribution in [0.5, 0.6) is 0 Å². The minimum absolute atomic E-state index is 0.241. The second-order valence-electron chi connectivity index (χ2n) is 5.16. The molecule has 0 radical (unpaired) electrons. The maximum atomic E-state index is 11.7. The molecular weight excluding hydrogens is 216 g/mol. The minimum Gasteiger partial charge on any atom is -0.379 e. The van der Waals surface area contributed by atoms with Gasteiger partial charge >= 0.3 is 0 Å². The van der Waals surface area contributed by atoms with E-state index >= 15 is 0 Å². The number of hydrogen-bond donors (Lipinski definition) is 1. The molecule has 1 amide bonds. The van der Waals surface area contributed by atoms with Gasteiger partial charge in [-0.1, -0.05) is 12.8 Å². The zero-order chi connectivity index (χ0) is 11.9. The number of amides is 1. The Morgan fingerprint density at radius 1 is 1.24 bits per heavy atom. The van der Waals surface area contributed by atoms with Crippen molar-refractivity contribution in [3.8, 4) is 0 Å². The van der Waals surface area contributed by atoms with Crippen molar-refractivity contribution in [2.24, 2.45) is 5.92 Å². The summed E-state index contributed by atoms with van der Waals surface area (Å²) in [7, 11) is 0. The summed E-state index contributed by atoms with van der Waals surface area (Å²) >= 11 is 0. The van der Waals surface area contributed by atoms with Crippen molar-refractivity contribution in [2.75, 3.05) is 39.4 Å². The summed E-state index contributed by atoms with van der Waals surface area (Å²) in [6.45, 7) is 5.40. The van der Waals surface area contributed by atoms with E-state index < -0.39 is 0 Å². The van der Waals surface area contributed by atoms with Gasteiger partial charge in [0, 0.05) is 32.6 Å². The summed E-state index contributed by atoms with van der Waals surface area (Å²) in [6, 6.07) is 0. The topological polar surface area (TPSA) is 41.6 Å². The second-order valence-corrected chi connectivity index (χ2v) is 5.16. The molecule has 1 saturated carbocycles. The van der Waals surface area contributed by atoms with Crippen LogP contribution >= 0.6 is 0 Å². The molecule has 0 aromatic carbocycles. The highest BCUT2D eigenvalue weighted by Crippen LogP contribution is 2.27. The summed E-state index contributed by atoms with van der Waals surface area (Å²) in [5, 5.41) is 3.04. The first-order valence-electron chi connectivity index (χ1n) is 6.91. The van der Waals surface area contributed by atoms with E-state index in [4.69, 9.17) is 4.74 Å². The number of carbonyl (C=O) groups excluding carboxylic acids is 1. The van der Waals surface area contributed by atoms with Gasteiger partial charge in [0.25, 0.3) is 0 Å². The molecule has 1 heterocycles. The van der Waals surface area contributed by atoms with E-state index in [-0.39, 0.29) is 5.91 Å². The van der Waals surface area contributed by atoms with Crippen LogP contribution in [0.1, 0.15) is 32.1 Å². The standard InChI is InChI=1S/C13H24N2O2/c16-13(11-12-3-1-2-4-12)14-5-6-15-7-9-17-10-8-15/h12H,1-11H2,(H,14,16). The van der Waals surface area contributed by atoms with Crippen molar-refractivity contribution >= 4 is 5.91 Å². The fraction of sp³-hybridized carbons (Fsp3) is 0.923. The SMILES string of the molecule is O=C(CC1CCCC1)NCCN1CCOCC1. The molecule has 17 heavy (non-hydrogen) atoms. The van der Waals surface area contributed by atoms with Gasteiger partial charge in [0.1, 0.15) is 0 Å². The lowest BCUT2D eigenvalue weighted by atomic mass is 10.0. The average molecular weight is 240 g/mol. The van der Waals surface area contributed by atoms with Crippen molar-refractivity contribution in [3.63, 3.8) is 0 Å². The van der Waals surface area contributed by atoms with Gasteiger partial charge in [0.15, 0.2) is 0 Å². The zero-order valence-corrected chi connectivity index (χ0v) is 10.6. The molecule has 2 rings (SSSR count). The van der Waals surface area contributed by atoms with E-state index in [1.54, 1.807) is 0 Å². The first-order chi connectivity index (χ1) is 8.34. The van der Waals surface area contributed by atoms with E-state index in [0.717, 1.165) is 45.8 Å². The Kier molecular flexibility index (Phi) is 5.26. The van der Waals surface area contributed by atoms with E-state index in [1.165, 1.54) is 25.7 Å². The molecule has 0 bridgehead atoms. The molecule has 4 nitrogen and oxygen atoms in total. The monoisotopic (exact) mass is 240 g/mol. The molecule has 1 aliphatic heterocycles. The summed E-state index contributed by atoms with van der Waals surface area (Å²) in [5.41, 5.74) is 0. The van der Waals surface area contributed by atoms with Gasteiger partial charge in [-0.05, 0) is 18.8 Å².